The molecule has 2 aromatic heterocycles. The summed E-state index contributed by atoms with van der Waals surface area (Å²) in [7, 11) is 1.65. The van der Waals surface area contributed by atoms with E-state index >= 15 is 0 Å². The van der Waals surface area contributed by atoms with Crippen LogP contribution < -0.4 is 10.6 Å². The summed E-state index contributed by atoms with van der Waals surface area (Å²) in [4.78, 5) is 24.3. The molecular weight excluding hydrogens is 363 g/mol. The van der Waals surface area contributed by atoms with Gasteiger partial charge in [-0.25, -0.2) is 14.4 Å². The van der Waals surface area contributed by atoms with Crippen LogP contribution in [0.2, 0.25) is 0 Å². The molecule has 0 radical (unpaired) electrons. The Morgan fingerprint density at radius 3 is 2.82 bits per heavy atom. The molecule has 144 valence electrons. The number of fused-ring (bicyclic) bond motifs is 1. The number of benzene rings is 1. The predicted octanol–water partition coefficient (Wildman–Crippen LogP) is 2.07. The number of carbonyl (C=O) groups excluding carboxylic acids is 1. The first-order valence-electron chi connectivity index (χ1n) is 8.71. The maximum atomic E-state index is 13.5. The number of amides is 1. The van der Waals surface area contributed by atoms with Crippen molar-refractivity contribution in [1.82, 2.24) is 20.3 Å². The average Bonchev–Trinajstić information content (AvgIpc) is 3.09. The van der Waals surface area contributed by atoms with Crippen LogP contribution in [0.4, 0.5) is 10.1 Å². The Labute approximate surface area is 160 Å². The summed E-state index contributed by atoms with van der Waals surface area (Å²) < 4.78 is 18.6. The second-order valence-corrected chi connectivity index (χ2v) is 6.98. The number of halogens is 1. The van der Waals surface area contributed by atoms with Crippen LogP contribution >= 0.6 is 0 Å². The molecule has 0 unspecified atom stereocenters. The molecule has 0 saturated carbocycles. The van der Waals surface area contributed by atoms with Crippen molar-refractivity contribution < 1.29 is 13.9 Å². The normalized spacial score (nSPS) is 15.1. The number of H-pyrrole nitrogens is 1. The molecule has 0 spiro atoms. The first kappa shape index (κ1) is 18.1. The van der Waals surface area contributed by atoms with Gasteiger partial charge in [0.15, 0.2) is 5.65 Å². The van der Waals surface area contributed by atoms with Crippen LogP contribution in [-0.2, 0) is 4.74 Å². The quantitative estimate of drug-likeness (QED) is 0.504. The predicted molar refractivity (Wildman–Crippen MR) is 102 cm³/mol. The lowest BCUT2D eigenvalue weighted by Gasteiger charge is -2.38. The Hall–Kier alpha value is -3.33. The molecule has 4 rings (SSSR count). The van der Waals surface area contributed by atoms with Crippen LogP contribution in [0, 0.1) is 11.2 Å². The highest BCUT2D eigenvalue weighted by Gasteiger charge is 2.35. The van der Waals surface area contributed by atoms with E-state index in [9.17, 15) is 9.18 Å². The van der Waals surface area contributed by atoms with E-state index in [1.54, 1.807) is 13.2 Å². The van der Waals surface area contributed by atoms with Crippen LogP contribution in [0.5, 0.6) is 0 Å². The van der Waals surface area contributed by atoms with Crippen molar-refractivity contribution in [1.29, 1.82) is 5.41 Å². The first-order chi connectivity index (χ1) is 13.4. The van der Waals surface area contributed by atoms with Crippen molar-refractivity contribution in [2.24, 2.45) is 0 Å². The Morgan fingerprint density at radius 1 is 1.36 bits per heavy atom. The maximum Gasteiger partial charge on any atom is 0.255 e. The zero-order valence-corrected chi connectivity index (χ0v) is 15.4. The maximum absolute atomic E-state index is 13.5. The molecule has 0 bridgehead atoms. The zero-order chi connectivity index (χ0) is 19.9. The van der Waals surface area contributed by atoms with Crippen LogP contribution in [0.25, 0.3) is 11.2 Å². The SMILES string of the molecule is CNc1cc(F)ccc1C(=N)c1cnc2[nH]cc(C(=O)NC3(C)COC3)c2n1. The minimum absolute atomic E-state index is 0.0747. The van der Waals surface area contributed by atoms with E-state index in [1.807, 2.05) is 6.92 Å². The van der Waals surface area contributed by atoms with E-state index in [0.29, 0.717) is 41.2 Å². The third-order valence-electron chi connectivity index (χ3n) is 4.66. The summed E-state index contributed by atoms with van der Waals surface area (Å²) in [5.74, 6) is -0.687. The third kappa shape index (κ3) is 3.09. The number of aromatic amines is 1. The van der Waals surface area contributed by atoms with Crippen molar-refractivity contribution in [3.63, 3.8) is 0 Å². The third-order valence-corrected chi connectivity index (χ3v) is 4.66. The van der Waals surface area contributed by atoms with Gasteiger partial charge in [-0.1, -0.05) is 0 Å². The lowest BCUT2D eigenvalue weighted by Crippen LogP contribution is -2.59. The summed E-state index contributed by atoms with van der Waals surface area (Å²) in [6.07, 6.45) is 3.00. The van der Waals surface area contributed by atoms with Crippen molar-refractivity contribution >= 4 is 28.5 Å². The molecule has 4 N–H and O–H groups in total. The smallest absolute Gasteiger partial charge is 0.255 e. The second kappa shape index (κ2) is 6.68. The van der Waals surface area contributed by atoms with Gasteiger partial charge in [-0.2, -0.15) is 0 Å². The molecule has 9 heteroatoms. The Kier molecular flexibility index (Phi) is 4.31. The molecule has 28 heavy (non-hydrogen) atoms. The second-order valence-electron chi connectivity index (χ2n) is 6.98. The molecule has 3 aromatic rings. The molecule has 8 nitrogen and oxygen atoms in total. The monoisotopic (exact) mass is 382 g/mol. The van der Waals surface area contributed by atoms with Gasteiger partial charge in [0.05, 0.1) is 36.2 Å². The van der Waals surface area contributed by atoms with E-state index < -0.39 is 11.4 Å². The fourth-order valence-corrected chi connectivity index (χ4v) is 3.09. The number of anilines is 1. The van der Waals surface area contributed by atoms with Crippen LogP contribution in [0.1, 0.15) is 28.5 Å². The molecule has 0 atom stereocenters. The van der Waals surface area contributed by atoms with Gasteiger partial charge in [0, 0.05) is 24.5 Å². The Morgan fingerprint density at radius 2 is 2.14 bits per heavy atom. The van der Waals surface area contributed by atoms with Gasteiger partial charge < -0.3 is 20.4 Å². The number of aromatic nitrogens is 3. The van der Waals surface area contributed by atoms with Crippen molar-refractivity contribution in [2.75, 3.05) is 25.6 Å². The highest BCUT2D eigenvalue weighted by atomic mass is 19.1. The number of hydrogen-bond donors (Lipinski definition) is 4. The van der Waals surface area contributed by atoms with Gasteiger partial charge in [-0.05, 0) is 25.1 Å². The lowest BCUT2D eigenvalue weighted by atomic mass is 10.0. The van der Waals surface area contributed by atoms with Gasteiger partial charge >= 0.3 is 0 Å². The van der Waals surface area contributed by atoms with E-state index in [1.165, 1.54) is 24.4 Å². The van der Waals surface area contributed by atoms with Gasteiger partial charge in [-0.3, -0.25) is 10.2 Å². The molecule has 1 fully saturated rings. The van der Waals surface area contributed by atoms with Gasteiger partial charge in [0.2, 0.25) is 0 Å². The van der Waals surface area contributed by atoms with Crippen LogP contribution in [-0.4, -0.2) is 52.4 Å². The van der Waals surface area contributed by atoms with Crippen molar-refractivity contribution in [2.45, 2.75) is 12.5 Å². The molecular formula is C19H19FN6O2. The molecule has 1 aliphatic heterocycles. The topological polar surface area (TPSA) is 116 Å². The highest BCUT2D eigenvalue weighted by molar-refractivity contribution is 6.14. The van der Waals surface area contributed by atoms with Gasteiger partial charge in [0.25, 0.3) is 5.91 Å². The minimum Gasteiger partial charge on any atom is -0.387 e. The average molecular weight is 382 g/mol. The highest BCUT2D eigenvalue weighted by Crippen LogP contribution is 2.22. The standard InChI is InChI=1S/C19H19FN6O2/c1-19(8-28-9-19)26-18(27)12-6-23-17-16(12)25-14(7-24-17)15(21)11-4-3-10(20)5-13(11)22-2/h3-7,21-22H,8-9H2,1-2H3,(H,23,24)(H,26,27). The number of rotatable bonds is 5. The van der Waals surface area contributed by atoms with E-state index in [0.717, 1.165) is 0 Å². The molecule has 1 amide bonds. The van der Waals surface area contributed by atoms with E-state index in [-0.39, 0.29) is 17.3 Å². The summed E-state index contributed by atoms with van der Waals surface area (Å²) in [5.41, 5.74) is 2.08. The van der Waals surface area contributed by atoms with Crippen LogP contribution in [0.15, 0.2) is 30.6 Å². The number of nitrogens with zero attached hydrogens (tertiary/aromatic N) is 2. The number of ether oxygens (including phenoxy) is 1. The molecule has 1 aromatic carbocycles. The first-order valence-corrected chi connectivity index (χ1v) is 8.71. The zero-order valence-electron chi connectivity index (χ0n) is 15.4. The van der Waals surface area contributed by atoms with Gasteiger partial charge in [0.1, 0.15) is 17.0 Å². The van der Waals surface area contributed by atoms with Crippen molar-refractivity contribution in [3.8, 4) is 0 Å². The number of nitrogens with one attached hydrogen (secondary N) is 4. The fraction of sp³-hybridized carbons (Fsp3) is 0.263. The summed E-state index contributed by atoms with van der Waals surface area (Å²) in [5, 5.41) is 14.3. The lowest BCUT2D eigenvalue weighted by molar-refractivity contribution is -0.0593. The summed E-state index contributed by atoms with van der Waals surface area (Å²) in [6.45, 7) is 2.82. The molecule has 1 aliphatic rings. The Balaban J connectivity index is 1.69. The Bertz CT molecular complexity index is 1090. The van der Waals surface area contributed by atoms with Crippen molar-refractivity contribution in [3.05, 3.63) is 53.2 Å². The number of carbonyl (C=O) groups is 1. The van der Waals surface area contributed by atoms with Crippen LogP contribution in [0.3, 0.4) is 0 Å². The fourth-order valence-electron chi connectivity index (χ4n) is 3.09. The van der Waals surface area contributed by atoms with E-state index in [4.69, 9.17) is 10.1 Å². The van der Waals surface area contributed by atoms with Gasteiger partial charge in [-0.15, -0.1) is 0 Å². The molecule has 0 aliphatic carbocycles. The minimum atomic E-state index is -0.402. The number of hydrogen-bond acceptors (Lipinski definition) is 6. The molecule has 3 heterocycles. The largest absolute Gasteiger partial charge is 0.387 e. The summed E-state index contributed by atoms with van der Waals surface area (Å²) in [6, 6.07) is 4.11. The molecule has 1 saturated heterocycles. The van der Waals surface area contributed by atoms with E-state index in [2.05, 4.69) is 25.6 Å². The summed E-state index contributed by atoms with van der Waals surface area (Å²) >= 11 is 0.